The lowest BCUT2D eigenvalue weighted by atomic mass is 9.86. The Bertz CT molecular complexity index is 627. The summed E-state index contributed by atoms with van der Waals surface area (Å²) in [5, 5.41) is 12.6. The van der Waals surface area contributed by atoms with Gasteiger partial charge >= 0.3 is 5.97 Å². The molecule has 1 atom stereocenters. The second kappa shape index (κ2) is 6.37. The average Bonchev–Trinajstić information content (AvgIpc) is 2.90. The number of carboxylic acid groups (broad SMARTS) is 1. The summed E-state index contributed by atoms with van der Waals surface area (Å²) in [6.45, 7) is 0.879. The van der Waals surface area contributed by atoms with Crippen molar-refractivity contribution >= 4 is 23.5 Å². The van der Waals surface area contributed by atoms with E-state index in [4.69, 9.17) is 26.2 Å². The van der Waals surface area contributed by atoms with Crippen LogP contribution in [0, 0.1) is 0 Å². The van der Waals surface area contributed by atoms with Crippen molar-refractivity contribution in [1.82, 2.24) is 5.32 Å². The van der Waals surface area contributed by atoms with Crippen LogP contribution in [0.4, 0.5) is 0 Å². The number of fused-ring (bicyclic) bond motifs is 1. The molecule has 1 aromatic rings. The molecule has 0 radical (unpaired) electrons. The molecule has 0 spiro atoms. The van der Waals surface area contributed by atoms with Gasteiger partial charge in [0, 0.05) is 24.7 Å². The Labute approximate surface area is 138 Å². The Morgan fingerprint density at radius 2 is 2.09 bits per heavy atom. The minimum Gasteiger partial charge on any atom is -0.481 e. The van der Waals surface area contributed by atoms with Crippen molar-refractivity contribution in [3.8, 4) is 5.75 Å². The number of benzene rings is 1. The average molecular weight is 340 g/mol. The Balaban J connectivity index is 1.69. The van der Waals surface area contributed by atoms with Gasteiger partial charge in [-0.05, 0) is 36.6 Å². The van der Waals surface area contributed by atoms with Gasteiger partial charge in [-0.3, -0.25) is 9.59 Å². The lowest BCUT2D eigenvalue weighted by Gasteiger charge is -2.37. The van der Waals surface area contributed by atoms with Crippen molar-refractivity contribution in [3.05, 3.63) is 28.8 Å². The highest BCUT2D eigenvalue weighted by Gasteiger charge is 2.39. The van der Waals surface area contributed by atoms with E-state index in [1.54, 1.807) is 18.2 Å². The third kappa shape index (κ3) is 3.59. The van der Waals surface area contributed by atoms with E-state index in [1.807, 2.05) is 0 Å². The number of rotatable bonds is 4. The number of carbonyl (C=O) groups is 2. The molecule has 0 aliphatic carbocycles. The summed E-state index contributed by atoms with van der Waals surface area (Å²) in [5.41, 5.74) is 0.119. The molecule has 2 heterocycles. The lowest BCUT2D eigenvalue weighted by molar-refractivity contribution is -0.141. The standard InChI is InChI=1S/C16H18ClNO5/c17-11-1-2-12-10(7-11)8-13(23-12)15(21)18-16(9-14(19)20)3-5-22-6-4-16/h1-2,7,13H,3-6,8-9H2,(H,18,21)(H,19,20). The molecule has 6 nitrogen and oxygen atoms in total. The molecular formula is C16H18ClNO5. The van der Waals surface area contributed by atoms with Crippen molar-refractivity contribution in [1.29, 1.82) is 0 Å². The van der Waals surface area contributed by atoms with E-state index < -0.39 is 17.6 Å². The maximum absolute atomic E-state index is 12.6. The van der Waals surface area contributed by atoms with Crippen molar-refractivity contribution in [2.24, 2.45) is 0 Å². The molecule has 3 rings (SSSR count). The van der Waals surface area contributed by atoms with E-state index in [9.17, 15) is 9.59 Å². The van der Waals surface area contributed by atoms with Crippen molar-refractivity contribution in [2.45, 2.75) is 37.3 Å². The molecule has 1 aromatic carbocycles. The van der Waals surface area contributed by atoms with E-state index >= 15 is 0 Å². The van der Waals surface area contributed by atoms with Crippen LogP contribution < -0.4 is 10.1 Å². The molecule has 23 heavy (non-hydrogen) atoms. The minimum absolute atomic E-state index is 0.117. The van der Waals surface area contributed by atoms with Gasteiger partial charge in [0.15, 0.2) is 6.10 Å². The van der Waals surface area contributed by atoms with E-state index in [0.29, 0.717) is 43.2 Å². The zero-order valence-electron chi connectivity index (χ0n) is 12.5. The molecule has 0 aromatic heterocycles. The van der Waals surface area contributed by atoms with Crippen molar-refractivity contribution < 1.29 is 24.2 Å². The molecule has 124 valence electrons. The normalized spacial score (nSPS) is 22.0. The Kier molecular flexibility index (Phi) is 4.46. The molecule has 1 unspecified atom stereocenters. The molecule has 1 fully saturated rings. The molecule has 2 aliphatic heterocycles. The highest BCUT2D eigenvalue weighted by atomic mass is 35.5. The lowest BCUT2D eigenvalue weighted by Crippen LogP contribution is -2.56. The summed E-state index contributed by atoms with van der Waals surface area (Å²) in [5.74, 6) is -0.580. The quantitative estimate of drug-likeness (QED) is 0.873. The maximum atomic E-state index is 12.6. The summed E-state index contributed by atoms with van der Waals surface area (Å²) < 4.78 is 11.0. The fourth-order valence-corrected chi connectivity index (χ4v) is 3.30. The van der Waals surface area contributed by atoms with E-state index in [2.05, 4.69) is 5.32 Å². The summed E-state index contributed by atoms with van der Waals surface area (Å²) >= 11 is 5.95. The van der Waals surface area contributed by atoms with E-state index in [-0.39, 0.29) is 12.3 Å². The molecule has 0 saturated carbocycles. The number of halogens is 1. The number of aliphatic carboxylic acids is 1. The van der Waals surface area contributed by atoms with Crippen LogP contribution in [0.2, 0.25) is 5.02 Å². The minimum atomic E-state index is -0.936. The first-order valence-electron chi connectivity index (χ1n) is 7.54. The second-order valence-corrected chi connectivity index (χ2v) is 6.45. The van der Waals surface area contributed by atoms with Gasteiger partial charge in [0.2, 0.25) is 0 Å². The Morgan fingerprint density at radius 1 is 1.35 bits per heavy atom. The highest BCUT2D eigenvalue weighted by Crippen LogP contribution is 2.32. The van der Waals surface area contributed by atoms with Gasteiger partial charge in [-0.15, -0.1) is 0 Å². The first kappa shape index (κ1) is 16.1. The number of hydrogen-bond donors (Lipinski definition) is 2. The summed E-state index contributed by atoms with van der Waals surface area (Å²) in [4.78, 5) is 23.7. The molecular weight excluding hydrogens is 322 g/mol. The third-order valence-corrected chi connectivity index (χ3v) is 4.55. The van der Waals surface area contributed by atoms with Crippen molar-refractivity contribution in [3.63, 3.8) is 0 Å². The number of ether oxygens (including phenoxy) is 2. The zero-order chi connectivity index (χ0) is 16.4. The number of carbonyl (C=O) groups excluding carboxylic acids is 1. The Morgan fingerprint density at radius 3 is 2.78 bits per heavy atom. The second-order valence-electron chi connectivity index (χ2n) is 6.02. The van der Waals surface area contributed by atoms with Gasteiger partial charge in [-0.1, -0.05) is 11.6 Å². The zero-order valence-corrected chi connectivity index (χ0v) is 13.3. The highest BCUT2D eigenvalue weighted by molar-refractivity contribution is 6.30. The fraction of sp³-hybridized carbons (Fsp3) is 0.500. The van der Waals surface area contributed by atoms with Crippen LogP contribution in [-0.2, 0) is 20.7 Å². The van der Waals surface area contributed by atoms with Gasteiger partial charge in [0.05, 0.1) is 12.0 Å². The Hall–Kier alpha value is -1.79. The van der Waals surface area contributed by atoms with Crippen LogP contribution in [0.25, 0.3) is 0 Å². The van der Waals surface area contributed by atoms with Crippen LogP contribution in [0.15, 0.2) is 18.2 Å². The third-order valence-electron chi connectivity index (χ3n) is 4.32. The molecule has 1 amide bonds. The fourth-order valence-electron chi connectivity index (χ4n) is 3.10. The summed E-state index contributed by atoms with van der Waals surface area (Å²) in [7, 11) is 0. The predicted octanol–water partition coefficient (Wildman–Crippen LogP) is 1.78. The van der Waals surface area contributed by atoms with Crippen LogP contribution >= 0.6 is 11.6 Å². The van der Waals surface area contributed by atoms with Gasteiger partial charge in [-0.2, -0.15) is 0 Å². The summed E-state index contributed by atoms with van der Waals surface area (Å²) in [6.07, 6.45) is 0.624. The molecule has 0 bridgehead atoms. The van der Waals surface area contributed by atoms with E-state index in [0.717, 1.165) is 5.56 Å². The van der Waals surface area contributed by atoms with E-state index in [1.165, 1.54) is 0 Å². The van der Waals surface area contributed by atoms with Crippen LogP contribution in [0.1, 0.15) is 24.8 Å². The largest absolute Gasteiger partial charge is 0.481 e. The van der Waals surface area contributed by atoms with Crippen LogP contribution in [0.3, 0.4) is 0 Å². The van der Waals surface area contributed by atoms with Gasteiger partial charge in [0.1, 0.15) is 5.75 Å². The topological polar surface area (TPSA) is 84.9 Å². The van der Waals surface area contributed by atoms with Crippen LogP contribution in [0.5, 0.6) is 5.75 Å². The molecule has 7 heteroatoms. The van der Waals surface area contributed by atoms with Gasteiger partial charge in [0.25, 0.3) is 5.91 Å². The SMILES string of the molecule is O=C(O)CC1(NC(=O)C2Cc3cc(Cl)ccc3O2)CCOCC1. The van der Waals surface area contributed by atoms with Crippen molar-refractivity contribution in [2.75, 3.05) is 13.2 Å². The summed E-state index contributed by atoms with van der Waals surface area (Å²) in [6, 6.07) is 5.24. The number of hydrogen-bond acceptors (Lipinski definition) is 4. The van der Waals surface area contributed by atoms with Crippen LogP contribution in [-0.4, -0.2) is 41.8 Å². The van der Waals surface area contributed by atoms with Gasteiger partial charge < -0.3 is 19.9 Å². The molecule has 1 saturated heterocycles. The first-order valence-corrected chi connectivity index (χ1v) is 7.92. The smallest absolute Gasteiger partial charge is 0.305 e. The number of nitrogens with one attached hydrogen (secondary N) is 1. The number of carboxylic acids is 1. The maximum Gasteiger partial charge on any atom is 0.305 e. The van der Waals surface area contributed by atoms with Gasteiger partial charge in [-0.25, -0.2) is 0 Å². The predicted molar refractivity (Wildman–Crippen MR) is 82.8 cm³/mol. The number of amides is 1. The molecule has 2 N–H and O–H groups in total. The monoisotopic (exact) mass is 339 g/mol. The molecule has 2 aliphatic rings. The first-order chi connectivity index (χ1) is 11.0.